The number of aliphatic carboxylic acids is 1. The van der Waals surface area contributed by atoms with Gasteiger partial charge >= 0.3 is 18.3 Å². The molecule has 2 aromatic heterocycles. The van der Waals surface area contributed by atoms with Crippen LogP contribution in [0, 0.1) is 16.7 Å². The van der Waals surface area contributed by atoms with Crippen LogP contribution in [0.2, 0.25) is 0 Å². The van der Waals surface area contributed by atoms with Gasteiger partial charge in [-0.3, -0.25) is 19.5 Å². The number of nitrogens with zero attached hydrogens (tertiary/aromatic N) is 4. The molecule has 10 nitrogen and oxygen atoms in total. The zero-order valence-corrected chi connectivity index (χ0v) is 31.9. The number of carbonyl (C=O) groups is 2. The number of likely N-dealkylation sites (tertiary alicyclic amines) is 2. The average molecular weight is 811 g/mol. The summed E-state index contributed by atoms with van der Waals surface area (Å²) in [5.41, 5.74) is -5.43. The number of nitriles is 1. The Morgan fingerprint density at radius 1 is 1.05 bits per heavy atom. The molecule has 56 heavy (non-hydrogen) atoms. The maximum absolute atomic E-state index is 15.0. The Morgan fingerprint density at radius 2 is 1.75 bits per heavy atom. The highest BCUT2D eigenvalue weighted by molar-refractivity contribution is 7.10. The number of piperidine rings is 2. The fourth-order valence-corrected chi connectivity index (χ4v) is 8.23. The number of para-hydroxylation sites is 1. The number of alkyl halides is 6. The summed E-state index contributed by atoms with van der Waals surface area (Å²) < 4.78 is 95.9. The molecular formula is C39H44F6N4O6S. The number of carboxylic acids is 1. The lowest BCUT2D eigenvalue weighted by Crippen LogP contribution is -2.68. The van der Waals surface area contributed by atoms with Crippen molar-refractivity contribution in [1.29, 1.82) is 5.26 Å². The van der Waals surface area contributed by atoms with Gasteiger partial charge in [0.2, 0.25) is 5.60 Å². The van der Waals surface area contributed by atoms with E-state index in [1.165, 1.54) is 9.80 Å². The zero-order chi connectivity index (χ0) is 41.1. The van der Waals surface area contributed by atoms with Gasteiger partial charge in [0.05, 0.1) is 40.8 Å². The maximum atomic E-state index is 15.0. The predicted octanol–water partition coefficient (Wildman–Crippen LogP) is 8.22. The number of aromatic nitrogens is 1. The second kappa shape index (κ2) is 16.6. The van der Waals surface area contributed by atoms with Gasteiger partial charge in [-0.2, -0.15) is 31.6 Å². The van der Waals surface area contributed by atoms with Crippen LogP contribution in [0.25, 0.3) is 0 Å². The summed E-state index contributed by atoms with van der Waals surface area (Å²) >= 11 is 0.374. The first-order chi connectivity index (χ1) is 26.3. The van der Waals surface area contributed by atoms with Crippen molar-refractivity contribution in [2.75, 3.05) is 26.2 Å². The topological polar surface area (TPSA) is 136 Å². The van der Waals surface area contributed by atoms with Crippen LogP contribution in [-0.2, 0) is 27.4 Å². The van der Waals surface area contributed by atoms with Gasteiger partial charge in [0.1, 0.15) is 16.4 Å². The van der Waals surface area contributed by atoms with Gasteiger partial charge in [-0.05, 0) is 70.6 Å². The molecule has 0 bridgehead atoms. The van der Waals surface area contributed by atoms with Crippen molar-refractivity contribution in [3.63, 3.8) is 0 Å². The van der Waals surface area contributed by atoms with Crippen molar-refractivity contribution < 1.29 is 55.6 Å². The molecule has 3 unspecified atom stereocenters. The molecule has 2 aliphatic rings. The number of thiophene rings is 1. The van der Waals surface area contributed by atoms with Crippen LogP contribution in [0.1, 0.15) is 93.6 Å². The van der Waals surface area contributed by atoms with Crippen LogP contribution in [0.3, 0.4) is 0 Å². The number of amides is 1. The van der Waals surface area contributed by atoms with E-state index in [4.69, 9.17) is 9.47 Å². The quantitative estimate of drug-likeness (QED) is 0.164. The van der Waals surface area contributed by atoms with E-state index in [1.807, 2.05) is 0 Å². The van der Waals surface area contributed by atoms with E-state index in [2.05, 4.69) is 11.1 Å². The largest absolute Gasteiger partial charge is 0.493 e. The Morgan fingerprint density at radius 3 is 2.36 bits per heavy atom. The van der Waals surface area contributed by atoms with Gasteiger partial charge in [-0.15, -0.1) is 11.3 Å². The van der Waals surface area contributed by atoms with Crippen molar-refractivity contribution >= 4 is 23.2 Å². The minimum absolute atomic E-state index is 0.00911. The maximum Gasteiger partial charge on any atom is 0.425 e. The molecule has 1 amide bonds. The van der Waals surface area contributed by atoms with Crippen LogP contribution in [0.5, 0.6) is 11.5 Å². The van der Waals surface area contributed by atoms with Crippen molar-refractivity contribution in [2.24, 2.45) is 5.41 Å². The number of pyridine rings is 1. The minimum Gasteiger partial charge on any atom is -0.493 e. The predicted molar refractivity (Wildman–Crippen MR) is 193 cm³/mol. The highest BCUT2D eigenvalue weighted by Gasteiger charge is 2.57. The summed E-state index contributed by atoms with van der Waals surface area (Å²) in [5, 5.41) is 32.9. The Hall–Kier alpha value is -4.40. The number of ether oxygens (including phenoxy) is 2. The molecule has 0 aliphatic carbocycles. The van der Waals surface area contributed by atoms with Gasteiger partial charge in [0, 0.05) is 42.8 Å². The van der Waals surface area contributed by atoms with E-state index in [9.17, 15) is 46.6 Å². The number of benzene rings is 1. The molecule has 5 rings (SSSR count). The first-order valence-electron chi connectivity index (χ1n) is 18.3. The number of carbonyl (C=O) groups excluding carboxylic acids is 1. The number of aliphatic hydroxyl groups excluding tert-OH is 1. The van der Waals surface area contributed by atoms with Gasteiger partial charge in [-0.25, -0.2) is 0 Å². The standard InChI is InChI=1S/C39H44F6N4O6S/c1-4-9-29-37(55-25-22-30(56-23-25)39(43,44)45,13-8-18-49(29)32(50)31-27(38(40,41)42)11-7-17-47-31)33(51)48-19-14-36(24-46,15-20-48)26-10-5-6-12-28(26)54-21-16-35(2,3)34(52)53/h5-7,10-12,17,22-23,29,32,50H,4,8-9,13-16,18-21H2,1-3H3,(H,52,53). The minimum atomic E-state index is -4.87. The molecule has 0 radical (unpaired) electrons. The van der Waals surface area contributed by atoms with E-state index in [-0.39, 0.29) is 70.5 Å². The molecule has 3 aromatic rings. The molecule has 2 aliphatic heterocycles. The molecule has 0 saturated carbocycles. The van der Waals surface area contributed by atoms with Crippen molar-refractivity contribution in [3.8, 4) is 17.6 Å². The van der Waals surface area contributed by atoms with Crippen LogP contribution >= 0.6 is 11.3 Å². The van der Waals surface area contributed by atoms with Crippen molar-refractivity contribution in [3.05, 3.63) is 75.7 Å². The molecular weight excluding hydrogens is 767 g/mol. The Labute approximate surface area is 324 Å². The molecule has 304 valence electrons. The number of rotatable bonds is 13. The molecule has 1 aromatic carbocycles. The van der Waals surface area contributed by atoms with Crippen LogP contribution < -0.4 is 9.47 Å². The van der Waals surface area contributed by atoms with Gasteiger partial charge < -0.3 is 24.6 Å². The summed E-state index contributed by atoms with van der Waals surface area (Å²) in [6, 6.07) is 10.8. The summed E-state index contributed by atoms with van der Waals surface area (Å²) in [7, 11) is 0. The number of aliphatic hydroxyl groups is 1. The molecule has 0 spiro atoms. The SMILES string of the molecule is CCCC1N(C(O)c2ncccc2C(F)(F)F)CCCC1(Oc1csc(C(F)(F)F)c1)C(=O)N1CCC(C#N)(c2ccccc2OCCC(C)(C)C(=O)O)CC1. The Balaban J connectivity index is 1.49. The highest BCUT2D eigenvalue weighted by Crippen LogP contribution is 2.46. The van der Waals surface area contributed by atoms with Crippen LogP contribution in [0.4, 0.5) is 26.3 Å². The molecule has 2 N–H and O–H groups in total. The number of halogens is 6. The molecule has 17 heteroatoms. The first-order valence-corrected chi connectivity index (χ1v) is 19.1. The van der Waals surface area contributed by atoms with Crippen LogP contribution in [-0.4, -0.2) is 74.8 Å². The Kier molecular flexibility index (Phi) is 12.7. The van der Waals surface area contributed by atoms with Crippen molar-refractivity contribution in [2.45, 2.75) is 101 Å². The third-order valence-electron chi connectivity index (χ3n) is 10.8. The van der Waals surface area contributed by atoms with E-state index in [1.54, 1.807) is 45.0 Å². The monoisotopic (exact) mass is 810 g/mol. The summed E-state index contributed by atoms with van der Waals surface area (Å²) in [4.78, 5) is 32.3. The molecule has 2 fully saturated rings. The van der Waals surface area contributed by atoms with Crippen molar-refractivity contribution in [1.82, 2.24) is 14.8 Å². The molecule has 2 saturated heterocycles. The number of hydrogen-bond acceptors (Lipinski definition) is 9. The number of carboxylic acid groups (broad SMARTS) is 1. The molecule has 3 atom stereocenters. The normalized spacial score (nSPS) is 21.2. The summed E-state index contributed by atoms with van der Waals surface area (Å²) in [6.07, 6.45) is -9.36. The fraction of sp³-hybridized carbons (Fsp3) is 0.538. The van der Waals surface area contributed by atoms with E-state index < -0.39 is 69.1 Å². The van der Waals surface area contributed by atoms with E-state index >= 15 is 4.79 Å². The molecule has 4 heterocycles. The fourth-order valence-electron chi connectivity index (χ4n) is 7.55. The lowest BCUT2D eigenvalue weighted by molar-refractivity contribution is -0.175. The third-order valence-corrected chi connectivity index (χ3v) is 11.7. The lowest BCUT2D eigenvalue weighted by Gasteiger charge is -2.52. The Bertz CT molecular complexity index is 1900. The zero-order valence-electron chi connectivity index (χ0n) is 31.1. The highest BCUT2D eigenvalue weighted by atomic mass is 32.1. The van der Waals surface area contributed by atoms with E-state index in [0.29, 0.717) is 29.1 Å². The van der Waals surface area contributed by atoms with Gasteiger partial charge in [-0.1, -0.05) is 31.5 Å². The second-order valence-corrected chi connectivity index (χ2v) is 15.8. The summed E-state index contributed by atoms with van der Waals surface area (Å²) in [6.45, 7) is 5.04. The summed E-state index contributed by atoms with van der Waals surface area (Å²) in [5.74, 6) is -1.47. The second-order valence-electron chi connectivity index (χ2n) is 14.9. The smallest absolute Gasteiger partial charge is 0.425 e. The van der Waals surface area contributed by atoms with E-state index in [0.717, 1.165) is 29.8 Å². The lowest BCUT2D eigenvalue weighted by atomic mass is 9.72. The van der Waals surface area contributed by atoms with Gasteiger partial charge in [0.25, 0.3) is 5.91 Å². The number of hydrogen-bond donors (Lipinski definition) is 2. The first kappa shape index (κ1) is 42.7. The van der Waals surface area contributed by atoms with Crippen LogP contribution in [0.15, 0.2) is 54.0 Å². The third kappa shape index (κ3) is 8.77. The van der Waals surface area contributed by atoms with Gasteiger partial charge in [0.15, 0.2) is 6.23 Å². The average Bonchev–Trinajstić information content (AvgIpc) is 3.64.